The minimum absolute atomic E-state index is 0.0299. The zero-order chi connectivity index (χ0) is 27.4. The fourth-order valence-electron chi connectivity index (χ4n) is 3.80. The summed E-state index contributed by atoms with van der Waals surface area (Å²) in [5.74, 6) is 0.297. The molecule has 0 bridgehead atoms. The smallest absolute Gasteiger partial charge is 0.270 e. The third-order valence-electron chi connectivity index (χ3n) is 5.75. The van der Waals surface area contributed by atoms with Gasteiger partial charge in [0.05, 0.1) is 27.5 Å². The normalized spacial score (nSPS) is 11.4. The second-order valence-electron chi connectivity index (χ2n) is 8.39. The van der Waals surface area contributed by atoms with Crippen molar-refractivity contribution in [2.45, 2.75) is 0 Å². The Morgan fingerprint density at radius 3 is 2.33 bits per heavy atom. The van der Waals surface area contributed by atoms with Gasteiger partial charge in [0.25, 0.3) is 11.6 Å². The van der Waals surface area contributed by atoms with Gasteiger partial charge in [-0.2, -0.15) is 5.10 Å². The Kier molecular flexibility index (Phi) is 7.76. The van der Waals surface area contributed by atoms with Crippen LogP contribution in [0.25, 0.3) is 22.4 Å². The van der Waals surface area contributed by atoms with Gasteiger partial charge in [-0.25, -0.2) is 14.7 Å². The third kappa shape index (κ3) is 6.19. The number of halogens is 2. The van der Waals surface area contributed by atoms with Gasteiger partial charge in [-0.1, -0.05) is 82.7 Å². The van der Waals surface area contributed by atoms with Gasteiger partial charge in [-0.3, -0.25) is 10.1 Å². The Hall–Kier alpha value is -4.41. The molecule has 0 aliphatic heterocycles. The molecule has 0 radical (unpaired) electrons. The molecule has 0 aliphatic carbocycles. The van der Waals surface area contributed by atoms with Crippen LogP contribution < -0.4 is 0 Å². The standard InChI is InChI=1S/C29H19Br2N5O3/c30-24-14-23(28(37)26(31)15-24)17-32-29-34-27(22-11-9-21(10-12-22)20-6-2-1-3-7-20)18-35(29)33-16-19-5-4-8-25(13-19)36(38)39/h1-18,37H/b32-17+,33-16+. The molecule has 5 aromatic rings. The van der Waals surface area contributed by atoms with E-state index in [1.807, 2.05) is 42.5 Å². The van der Waals surface area contributed by atoms with Crippen molar-refractivity contribution in [1.29, 1.82) is 0 Å². The van der Waals surface area contributed by atoms with Crippen LogP contribution in [0.4, 0.5) is 11.6 Å². The Morgan fingerprint density at radius 2 is 1.59 bits per heavy atom. The van der Waals surface area contributed by atoms with Gasteiger partial charge < -0.3 is 5.11 Å². The number of nitrogens with zero attached hydrogens (tertiary/aromatic N) is 5. The van der Waals surface area contributed by atoms with Crippen LogP contribution in [-0.4, -0.2) is 32.1 Å². The molecule has 0 atom stereocenters. The molecule has 0 amide bonds. The average molecular weight is 645 g/mol. The zero-order valence-corrected chi connectivity index (χ0v) is 23.3. The summed E-state index contributed by atoms with van der Waals surface area (Å²) in [5, 5.41) is 26.0. The molecule has 1 N–H and O–H groups in total. The van der Waals surface area contributed by atoms with E-state index in [0.717, 1.165) is 21.2 Å². The Labute approximate surface area is 240 Å². The molecule has 4 aromatic carbocycles. The van der Waals surface area contributed by atoms with Crippen molar-refractivity contribution >= 4 is 55.9 Å². The first kappa shape index (κ1) is 26.2. The molecule has 0 saturated heterocycles. The van der Waals surface area contributed by atoms with Crippen LogP contribution in [-0.2, 0) is 0 Å². The fraction of sp³-hybridized carbons (Fsp3) is 0. The number of hydrogen-bond donors (Lipinski definition) is 1. The second kappa shape index (κ2) is 11.5. The number of phenols is 1. The lowest BCUT2D eigenvalue weighted by Crippen LogP contribution is -1.92. The summed E-state index contributed by atoms with van der Waals surface area (Å²) in [4.78, 5) is 19.9. The molecule has 0 fully saturated rings. The third-order valence-corrected chi connectivity index (χ3v) is 6.81. The van der Waals surface area contributed by atoms with E-state index in [0.29, 0.717) is 21.3 Å². The molecule has 0 unspecified atom stereocenters. The maximum absolute atomic E-state index is 11.2. The first-order valence-corrected chi connectivity index (χ1v) is 13.2. The predicted molar refractivity (Wildman–Crippen MR) is 160 cm³/mol. The number of aromatic nitrogens is 2. The first-order chi connectivity index (χ1) is 18.9. The van der Waals surface area contributed by atoms with Gasteiger partial charge in [0.1, 0.15) is 5.75 Å². The minimum atomic E-state index is -0.454. The lowest BCUT2D eigenvalue weighted by atomic mass is 10.0. The Bertz CT molecular complexity index is 1720. The summed E-state index contributed by atoms with van der Waals surface area (Å²) < 4.78 is 2.77. The van der Waals surface area contributed by atoms with Crippen LogP contribution in [0.1, 0.15) is 11.1 Å². The molecular weight excluding hydrogens is 626 g/mol. The molecule has 0 spiro atoms. The highest BCUT2D eigenvalue weighted by Crippen LogP contribution is 2.31. The molecule has 192 valence electrons. The maximum atomic E-state index is 11.2. The van der Waals surface area contributed by atoms with Crippen LogP contribution >= 0.6 is 31.9 Å². The molecule has 5 rings (SSSR count). The van der Waals surface area contributed by atoms with Gasteiger partial charge in [-0.15, -0.1) is 0 Å². The van der Waals surface area contributed by atoms with E-state index in [9.17, 15) is 15.2 Å². The van der Waals surface area contributed by atoms with E-state index in [2.05, 4.69) is 59.1 Å². The highest BCUT2D eigenvalue weighted by molar-refractivity contribution is 9.11. The minimum Gasteiger partial charge on any atom is -0.506 e. The molecule has 0 saturated carbocycles. The maximum Gasteiger partial charge on any atom is 0.270 e. The molecule has 1 heterocycles. The van der Waals surface area contributed by atoms with Crippen molar-refractivity contribution in [3.05, 3.63) is 127 Å². The highest BCUT2D eigenvalue weighted by atomic mass is 79.9. The number of aliphatic imine (C=N–C) groups is 1. The van der Waals surface area contributed by atoms with Crippen molar-refractivity contribution in [3.8, 4) is 28.1 Å². The van der Waals surface area contributed by atoms with E-state index in [1.165, 1.54) is 29.2 Å². The van der Waals surface area contributed by atoms with Gasteiger partial charge in [0.15, 0.2) is 0 Å². The monoisotopic (exact) mass is 643 g/mol. The van der Waals surface area contributed by atoms with Gasteiger partial charge >= 0.3 is 0 Å². The van der Waals surface area contributed by atoms with Crippen molar-refractivity contribution in [1.82, 2.24) is 9.66 Å². The fourth-order valence-corrected chi connectivity index (χ4v) is 5.05. The molecule has 8 nitrogen and oxygen atoms in total. The summed E-state index contributed by atoms with van der Waals surface area (Å²) in [6.45, 7) is 0. The first-order valence-electron chi connectivity index (χ1n) is 11.6. The molecule has 1 aromatic heterocycles. The average Bonchev–Trinajstić information content (AvgIpc) is 3.36. The van der Waals surface area contributed by atoms with Crippen LogP contribution in [0.15, 0.2) is 116 Å². The molecule has 0 aliphatic rings. The SMILES string of the molecule is O=[N+]([O-])c1cccc(/C=N/n2cc(-c3ccc(-c4ccccc4)cc3)nc2/N=C/c2cc(Br)cc(Br)c2O)c1. The number of nitro groups is 1. The summed E-state index contributed by atoms with van der Waals surface area (Å²) in [6.07, 6.45) is 4.73. The van der Waals surface area contributed by atoms with Crippen LogP contribution in [0.3, 0.4) is 0 Å². The number of hydrogen-bond acceptors (Lipinski definition) is 6. The lowest BCUT2D eigenvalue weighted by Gasteiger charge is -2.02. The zero-order valence-electron chi connectivity index (χ0n) is 20.1. The van der Waals surface area contributed by atoms with E-state index in [4.69, 9.17) is 0 Å². The van der Waals surface area contributed by atoms with Gasteiger partial charge in [-0.05, 0) is 39.2 Å². The molecular formula is C29H19Br2N5O3. The number of aromatic hydroxyl groups is 1. The van der Waals surface area contributed by atoms with Crippen molar-refractivity contribution < 1.29 is 10.0 Å². The van der Waals surface area contributed by atoms with E-state index in [1.54, 1.807) is 30.5 Å². The van der Waals surface area contributed by atoms with Gasteiger partial charge in [0.2, 0.25) is 0 Å². The number of imidazole rings is 1. The predicted octanol–water partition coefficient (Wildman–Crippen LogP) is 7.99. The number of nitro benzene ring substituents is 1. The van der Waals surface area contributed by atoms with Crippen molar-refractivity contribution in [2.75, 3.05) is 0 Å². The lowest BCUT2D eigenvalue weighted by molar-refractivity contribution is -0.384. The summed E-state index contributed by atoms with van der Waals surface area (Å²) in [5.41, 5.74) is 4.69. The van der Waals surface area contributed by atoms with Crippen LogP contribution in [0.5, 0.6) is 5.75 Å². The van der Waals surface area contributed by atoms with Gasteiger partial charge in [0, 0.05) is 39.5 Å². The quantitative estimate of drug-likeness (QED) is 0.110. The second-order valence-corrected chi connectivity index (χ2v) is 10.2. The van der Waals surface area contributed by atoms with Crippen LogP contribution in [0.2, 0.25) is 0 Å². The largest absolute Gasteiger partial charge is 0.506 e. The topological polar surface area (TPSA) is 106 Å². The van der Waals surface area contributed by atoms with Crippen molar-refractivity contribution in [2.24, 2.45) is 10.1 Å². The summed E-state index contributed by atoms with van der Waals surface area (Å²) in [7, 11) is 0. The van der Waals surface area contributed by atoms with E-state index >= 15 is 0 Å². The Balaban J connectivity index is 1.52. The number of phenolic OH excluding ortho intramolecular Hbond substituents is 1. The number of benzene rings is 4. The van der Waals surface area contributed by atoms with Crippen molar-refractivity contribution in [3.63, 3.8) is 0 Å². The Morgan fingerprint density at radius 1 is 0.872 bits per heavy atom. The summed E-state index contributed by atoms with van der Waals surface area (Å²) >= 11 is 6.74. The van der Waals surface area contributed by atoms with E-state index in [-0.39, 0.29) is 17.4 Å². The highest BCUT2D eigenvalue weighted by Gasteiger charge is 2.11. The number of non-ortho nitro benzene ring substituents is 1. The van der Waals surface area contributed by atoms with Crippen LogP contribution in [0, 0.1) is 10.1 Å². The molecule has 10 heteroatoms. The summed E-state index contributed by atoms with van der Waals surface area (Å²) in [6, 6.07) is 27.7. The van der Waals surface area contributed by atoms with E-state index < -0.39 is 4.92 Å². The molecule has 39 heavy (non-hydrogen) atoms. The number of rotatable bonds is 7.